The van der Waals surface area contributed by atoms with Crippen LogP contribution in [0, 0.1) is 0 Å². The molecule has 0 N–H and O–H groups in total. The predicted octanol–water partition coefficient (Wildman–Crippen LogP) is 8.79. The van der Waals surface area contributed by atoms with Gasteiger partial charge in [0.25, 0.3) is 0 Å². The van der Waals surface area contributed by atoms with E-state index >= 15 is 0 Å². The molecular weight excluding hydrogens is 406 g/mol. The monoisotopic (exact) mass is 416 g/mol. The topological polar surface area (TPSA) is 0 Å². The van der Waals surface area contributed by atoms with Crippen LogP contribution in [-0.2, 0) is 0 Å². The van der Waals surface area contributed by atoms with Crippen LogP contribution in [-0.4, -0.2) is 0 Å². The van der Waals surface area contributed by atoms with Crippen LogP contribution in [0.3, 0.4) is 0 Å². The highest BCUT2D eigenvalue weighted by Gasteiger charge is 2.19. The van der Waals surface area contributed by atoms with E-state index in [0.717, 1.165) is 33.0 Å². The summed E-state index contributed by atoms with van der Waals surface area (Å²) in [6, 6.07) is 23.3. The van der Waals surface area contributed by atoms with Gasteiger partial charge >= 0.3 is 0 Å². The zero-order valence-corrected chi connectivity index (χ0v) is 16.5. The second-order valence-electron chi connectivity index (χ2n) is 5.94. The fraction of sp³-hybridized carbons (Fsp3) is 0. The summed E-state index contributed by atoms with van der Waals surface area (Å²) in [6.45, 7) is 0. The number of fused-ring (bicyclic) bond motifs is 1. The van der Waals surface area contributed by atoms with Crippen molar-refractivity contribution in [2.75, 3.05) is 0 Å². The normalized spacial score (nSPS) is 11.1. The molecule has 0 bridgehead atoms. The lowest BCUT2D eigenvalue weighted by Crippen LogP contribution is -1.90. The Morgan fingerprint density at radius 3 is 1.12 bits per heavy atom. The highest BCUT2D eigenvalue weighted by atomic mass is 35.5. The molecule has 0 heterocycles. The number of benzene rings is 4. The van der Waals surface area contributed by atoms with Crippen LogP contribution in [0.4, 0.5) is 0 Å². The Hall–Kier alpha value is -1.70. The molecule has 26 heavy (non-hydrogen) atoms. The molecular formula is C22H12Cl4. The van der Waals surface area contributed by atoms with E-state index in [9.17, 15) is 0 Å². The average Bonchev–Trinajstić information content (AvgIpc) is 2.65. The van der Waals surface area contributed by atoms with Gasteiger partial charge in [0.15, 0.2) is 0 Å². The molecule has 0 aliphatic rings. The van der Waals surface area contributed by atoms with Crippen molar-refractivity contribution < 1.29 is 0 Å². The molecule has 0 atom stereocenters. The van der Waals surface area contributed by atoms with Crippen molar-refractivity contribution in [1.82, 2.24) is 0 Å². The SMILES string of the molecule is Clc1ccc(-c2c(Cl)c(Cl)c(-c3ccc(Cl)cc3)c3ccccc23)cc1. The molecule has 0 aliphatic heterocycles. The first-order valence-electron chi connectivity index (χ1n) is 7.98. The van der Waals surface area contributed by atoms with Crippen molar-refractivity contribution in [2.45, 2.75) is 0 Å². The van der Waals surface area contributed by atoms with Crippen LogP contribution in [0.25, 0.3) is 33.0 Å². The van der Waals surface area contributed by atoms with Gasteiger partial charge in [-0.05, 0) is 46.2 Å². The van der Waals surface area contributed by atoms with Gasteiger partial charge in [-0.2, -0.15) is 0 Å². The van der Waals surface area contributed by atoms with E-state index < -0.39 is 0 Å². The summed E-state index contributed by atoms with van der Waals surface area (Å²) >= 11 is 25.6. The highest BCUT2D eigenvalue weighted by Crippen LogP contribution is 2.47. The minimum absolute atomic E-state index is 0.526. The van der Waals surface area contributed by atoms with Gasteiger partial charge in [0.1, 0.15) is 0 Å². The smallest absolute Gasteiger partial charge is 0.0683 e. The summed E-state index contributed by atoms with van der Waals surface area (Å²) in [5, 5.41) is 4.48. The second-order valence-corrected chi connectivity index (χ2v) is 7.57. The molecule has 0 saturated carbocycles. The van der Waals surface area contributed by atoms with Gasteiger partial charge < -0.3 is 0 Å². The van der Waals surface area contributed by atoms with E-state index in [4.69, 9.17) is 46.4 Å². The summed E-state index contributed by atoms with van der Waals surface area (Å²) in [5.74, 6) is 0. The van der Waals surface area contributed by atoms with Crippen molar-refractivity contribution >= 4 is 57.2 Å². The van der Waals surface area contributed by atoms with Gasteiger partial charge in [-0.1, -0.05) is 94.9 Å². The van der Waals surface area contributed by atoms with E-state index in [1.807, 2.05) is 60.7 Å². The van der Waals surface area contributed by atoms with Gasteiger partial charge in [-0.3, -0.25) is 0 Å². The van der Waals surface area contributed by atoms with Gasteiger partial charge in [0.05, 0.1) is 10.0 Å². The largest absolute Gasteiger partial charge is 0.0843 e. The summed E-state index contributed by atoms with van der Waals surface area (Å²) in [7, 11) is 0. The Morgan fingerprint density at radius 1 is 0.423 bits per heavy atom. The van der Waals surface area contributed by atoms with Crippen LogP contribution in [0.1, 0.15) is 0 Å². The number of rotatable bonds is 2. The molecule has 0 unspecified atom stereocenters. The summed E-state index contributed by atoms with van der Waals surface area (Å²) in [5.41, 5.74) is 3.75. The minimum Gasteiger partial charge on any atom is -0.0843 e. The van der Waals surface area contributed by atoms with Crippen LogP contribution >= 0.6 is 46.4 Å². The van der Waals surface area contributed by atoms with Gasteiger partial charge in [0.2, 0.25) is 0 Å². The maximum Gasteiger partial charge on any atom is 0.0683 e. The van der Waals surface area contributed by atoms with Crippen LogP contribution in [0.15, 0.2) is 72.8 Å². The van der Waals surface area contributed by atoms with Crippen molar-refractivity contribution in [3.63, 3.8) is 0 Å². The molecule has 0 spiro atoms. The second kappa shape index (κ2) is 7.13. The minimum atomic E-state index is 0.526. The van der Waals surface area contributed by atoms with E-state index in [0.29, 0.717) is 20.1 Å². The first kappa shape index (κ1) is 17.7. The Balaban J connectivity index is 2.08. The number of hydrogen-bond acceptors (Lipinski definition) is 0. The van der Waals surface area contributed by atoms with E-state index in [-0.39, 0.29) is 0 Å². The summed E-state index contributed by atoms with van der Waals surface area (Å²) < 4.78 is 0. The molecule has 0 fully saturated rings. The Kier molecular flexibility index (Phi) is 4.86. The fourth-order valence-electron chi connectivity index (χ4n) is 3.17. The quantitative estimate of drug-likeness (QED) is 0.305. The molecule has 0 aliphatic carbocycles. The molecule has 4 aromatic carbocycles. The maximum atomic E-state index is 6.74. The van der Waals surface area contributed by atoms with Crippen LogP contribution < -0.4 is 0 Å². The van der Waals surface area contributed by atoms with Gasteiger partial charge in [-0.25, -0.2) is 0 Å². The third kappa shape index (κ3) is 3.08. The third-order valence-corrected chi connectivity index (χ3v) is 5.72. The van der Waals surface area contributed by atoms with Gasteiger partial charge in [0, 0.05) is 21.2 Å². The van der Waals surface area contributed by atoms with Gasteiger partial charge in [-0.15, -0.1) is 0 Å². The Labute approximate surface area is 171 Å². The molecule has 4 rings (SSSR count). The van der Waals surface area contributed by atoms with Crippen molar-refractivity contribution in [1.29, 1.82) is 0 Å². The molecule has 128 valence electrons. The fourth-order valence-corrected chi connectivity index (χ4v) is 4.04. The number of hydrogen-bond donors (Lipinski definition) is 0. The average molecular weight is 418 g/mol. The first-order valence-corrected chi connectivity index (χ1v) is 9.49. The molecule has 0 amide bonds. The third-order valence-electron chi connectivity index (χ3n) is 4.36. The Morgan fingerprint density at radius 2 is 0.769 bits per heavy atom. The van der Waals surface area contributed by atoms with E-state index in [2.05, 4.69) is 12.1 Å². The highest BCUT2D eigenvalue weighted by molar-refractivity contribution is 6.47. The molecule has 0 saturated heterocycles. The molecule has 0 radical (unpaired) electrons. The lowest BCUT2D eigenvalue weighted by atomic mass is 9.92. The van der Waals surface area contributed by atoms with E-state index in [1.54, 1.807) is 0 Å². The molecule has 4 aromatic rings. The lowest BCUT2D eigenvalue weighted by Gasteiger charge is -2.17. The first-order chi connectivity index (χ1) is 12.6. The zero-order valence-electron chi connectivity index (χ0n) is 13.4. The number of halogens is 4. The zero-order chi connectivity index (χ0) is 18.3. The van der Waals surface area contributed by atoms with Crippen molar-refractivity contribution in [3.8, 4) is 22.3 Å². The summed E-state index contributed by atoms with van der Waals surface area (Å²) in [6.07, 6.45) is 0. The molecule has 4 heteroatoms. The summed E-state index contributed by atoms with van der Waals surface area (Å²) in [4.78, 5) is 0. The van der Waals surface area contributed by atoms with Crippen molar-refractivity contribution in [2.24, 2.45) is 0 Å². The van der Waals surface area contributed by atoms with Crippen LogP contribution in [0.2, 0.25) is 20.1 Å². The standard InChI is InChI=1S/C22H12Cl4/c23-15-9-5-13(6-10-15)19-17-3-1-2-4-18(17)20(22(26)21(19)25)14-7-11-16(24)12-8-14/h1-12H. The lowest BCUT2D eigenvalue weighted by molar-refractivity contribution is 1.62. The molecule has 0 nitrogen and oxygen atoms in total. The van der Waals surface area contributed by atoms with Crippen LogP contribution in [0.5, 0.6) is 0 Å². The predicted molar refractivity (Wildman–Crippen MR) is 115 cm³/mol. The maximum absolute atomic E-state index is 6.74. The van der Waals surface area contributed by atoms with Crippen molar-refractivity contribution in [3.05, 3.63) is 92.9 Å². The Bertz CT molecular complexity index is 1010. The van der Waals surface area contributed by atoms with E-state index in [1.165, 1.54) is 0 Å². The molecule has 0 aromatic heterocycles.